The summed E-state index contributed by atoms with van der Waals surface area (Å²) in [6.45, 7) is 3.77. The number of benzene rings is 1. The normalized spacial score (nSPS) is 12.9. The average molecular weight is 341 g/mol. The van der Waals surface area contributed by atoms with Gasteiger partial charge in [0, 0.05) is 11.6 Å². The molecule has 0 unspecified atom stereocenters. The van der Waals surface area contributed by atoms with Gasteiger partial charge in [-0.05, 0) is 30.7 Å². The van der Waals surface area contributed by atoms with Crippen LogP contribution in [0.25, 0.3) is 11.4 Å². The fourth-order valence-electron chi connectivity index (χ4n) is 2.21. The van der Waals surface area contributed by atoms with Crippen LogP contribution in [0.15, 0.2) is 24.3 Å². The Morgan fingerprint density at radius 2 is 2.12 bits per heavy atom. The summed E-state index contributed by atoms with van der Waals surface area (Å²) < 4.78 is 38.2. The molecular formula is C15H18F3N5O. The zero-order valence-electron chi connectivity index (χ0n) is 13.3. The van der Waals surface area contributed by atoms with Crippen LogP contribution < -0.4 is 5.32 Å². The first-order valence-corrected chi connectivity index (χ1v) is 7.54. The molecule has 1 N–H and O–H groups in total. The quantitative estimate of drug-likeness (QED) is 0.877. The van der Waals surface area contributed by atoms with Gasteiger partial charge in [-0.25, -0.2) is 0 Å². The highest BCUT2D eigenvalue weighted by atomic mass is 19.4. The molecule has 1 aromatic carbocycles. The van der Waals surface area contributed by atoms with Gasteiger partial charge in [0.1, 0.15) is 6.54 Å². The lowest BCUT2D eigenvalue weighted by molar-refractivity contribution is -0.137. The van der Waals surface area contributed by atoms with Gasteiger partial charge >= 0.3 is 6.18 Å². The van der Waals surface area contributed by atoms with E-state index in [1.807, 2.05) is 13.8 Å². The predicted octanol–water partition coefficient (Wildman–Crippen LogP) is 2.66. The van der Waals surface area contributed by atoms with Gasteiger partial charge < -0.3 is 5.32 Å². The van der Waals surface area contributed by atoms with Crippen molar-refractivity contribution >= 4 is 5.91 Å². The molecule has 24 heavy (non-hydrogen) atoms. The highest BCUT2D eigenvalue weighted by Crippen LogP contribution is 2.31. The Bertz CT molecular complexity index is 698. The van der Waals surface area contributed by atoms with Crippen molar-refractivity contribution in [2.75, 3.05) is 0 Å². The molecule has 9 heteroatoms. The fourth-order valence-corrected chi connectivity index (χ4v) is 2.21. The summed E-state index contributed by atoms with van der Waals surface area (Å²) in [5.74, 6) is -0.237. The maximum absolute atomic E-state index is 12.7. The number of aromatic nitrogens is 4. The van der Waals surface area contributed by atoms with Gasteiger partial charge in [0.05, 0.1) is 5.56 Å². The number of amides is 1. The molecular weight excluding hydrogens is 323 g/mol. The smallest absolute Gasteiger partial charge is 0.352 e. The summed E-state index contributed by atoms with van der Waals surface area (Å²) in [7, 11) is 0. The first-order valence-electron chi connectivity index (χ1n) is 7.54. The summed E-state index contributed by atoms with van der Waals surface area (Å²) in [5.41, 5.74) is -0.599. The summed E-state index contributed by atoms with van der Waals surface area (Å²) in [6.07, 6.45) is -2.64. The minimum atomic E-state index is -4.44. The third-order valence-corrected chi connectivity index (χ3v) is 3.32. The van der Waals surface area contributed by atoms with Gasteiger partial charge in [0.2, 0.25) is 11.7 Å². The second kappa shape index (κ2) is 7.41. The SMILES string of the molecule is CCC[C@@H](C)NC(=O)Cn1nnc(-c2cccc(C(F)(F)F)c2)n1. The Kier molecular flexibility index (Phi) is 5.53. The van der Waals surface area contributed by atoms with Crippen molar-refractivity contribution in [2.45, 2.75) is 45.5 Å². The lowest BCUT2D eigenvalue weighted by Crippen LogP contribution is -2.35. The first kappa shape index (κ1) is 17.9. The number of halogens is 3. The standard InChI is InChI=1S/C15H18F3N5O/c1-3-5-10(2)19-13(24)9-23-21-14(20-22-23)11-6-4-7-12(8-11)15(16,17)18/h4,6-8,10H,3,5,9H2,1-2H3,(H,19,24)/t10-/m1/s1. The molecule has 0 saturated heterocycles. The number of nitrogens with zero attached hydrogens (tertiary/aromatic N) is 4. The van der Waals surface area contributed by atoms with Crippen molar-refractivity contribution < 1.29 is 18.0 Å². The molecule has 0 aliphatic heterocycles. The maximum Gasteiger partial charge on any atom is 0.416 e. The molecule has 0 aliphatic carbocycles. The van der Waals surface area contributed by atoms with Crippen LogP contribution in [0.4, 0.5) is 13.2 Å². The Balaban J connectivity index is 2.07. The molecule has 1 aromatic heterocycles. The monoisotopic (exact) mass is 341 g/mol. The minimum Gasteiger partial charge on any atom is -0.352 e. The second-order valence-corrected chi connectivity index (χ2v) is 5.48. The summed E-state index contributed by atoms with van der Waals surface area (Å²) in [6, 6.07) is 4.69. The molecule has 2 aromatic rings. The van der Waals surface area contributed by atoms with Crippen LogP contribution in [0.5, 0.6) is 0 Å². The zero-order valence-corrected chi connectivity index (χ0v) is 13.3. The van der Waals surface area contributed by atoms with E-state index < -0.39 is 11.7 Å². The first-order chi connectivity index (χ1) is 11.3. The van der Waals surface area contributed by atoms with Crippen LogP contribution in [-0.4, -0.2) is 32.2 Å². The molecule has 1 atom stereocenters. The molecule has 0 radical (unpaired) electrons. The van der Waals surface area contributed by atoms with Gasteiger partial charge in [-0.2, -0.15) is 18.0 Å². The molecule has 2 rings (SSSR count). The van der Waals surface area contributed by atoms with E-state index in [-0.39, 0.29) is 29.9 Å². The van der Waals surface area contributed by atoms with Gasteiger partial charge in [-0.15, -0.1) is 10.2 Å². The van der Waals surface area contributed by atoms with Gasteiger partial charge in [0.15, 0.2) is 0 Å². The van der Waals surface area contributed by atoms with Crippen LogP contribution in [0.2, 0.25) is 0 Å². The number of alkyl halides is 3. The zero-order chi connectivity index (χ0) is 17.7. The third-order valence-electron chi connectivity index (χ3n) is 3.32. The van der Waals surface area contributed by atoms with Crippen LogP contribution in [-0.2, 0) is 17.5 Å². The Morgan fingerprint density at radius 3 is 2.79 bits per heavy atom. The molecule has 0 spiro atoms. The van der Waals surface area contributed by atoms with Crippen LogP contribution in [0, 0.1) is 0 Å². The Labute approximate surface area is 137 Å². The Morgan fingerprint density at radius 1 is 1.38 bits per heavy atom. The summed E-state index contributed by atoms with van der Waals surface area (Å²) >= 11 is 0. The molecule has 130 valence electrons. The second-order valence-electron chi connectivity index (χ2n) is 5.48. The molecule has 1 amide bonds. The summed E-state index contributed by atoms with van der Waals surface area (Å²) in [5, 5.41) is 14.2. The highest BCUT2D eigenvalue weighted by molar-refractivity contribution is 5.75. The fraction of sp³-hybridized carbons (Fsp3) is 0.467. The van der Waals surface area contributed by atoms with Crippen molar-refractivity contribution in [1.29, 1.82) is 0 Å². The van der Waals surface area contributed by atoms with Crippen molar-refractivity contribution in [3.63, 3.8) is 0 Å². The van der Waals surface area contributed by atoms with E-state index in [1.54, 1.807) is 0 Å². The number of tetrazole rings is 1. The molecule has 1 heterocycles. The van der Waals surface area contributed by atoms with Gasteiger partial charge in [-0.1, -0.05) is 25.5 Å². The topological polar surface area (TPSA) is 72.7 Å². The average Bonchev–Trinajstić information content (AvgIpc) is 2.95. The maximum atomic E-state index is 12.7. The van der Waals surface area contributed by atoms with Gasteiger partial charge in [0.25, 0.3) is 0 Å². The number of carbonyl (C=O) groups excluding carboxylic acids is 1. The summed E-state index contributed by atoms with van der Waals surface area (Å²) in [4.78, 5) is 12.9. The van der Waals surface area contributed by atoms with E-state index >= 15 is 0 Å². The number of rotatable bonds is 6. The minimum absolute atomic E-state index is 0.0361. The third kappa shape index (κ3) is 4.77. The molecule has 0 bridgehead atoms. The van der Waals surface area contributed by atoms with Crippen LogP contribution >= 0.6 is 0 Å². The van der Waals surface area contributed by atoms with E-state index in [9.17, 15) is 18.0 Å². The van der Waals surface area contributed by atoms with Crippen LogP contribution in [0.1, 0.15) is 32.3 Å². The van der Waals surface area contributed by atoms with Crippen molar-refractivity contribution in [3.05, 3.63) is 29.8 Å². The van der Waals surface area contributed by atoms with E-state index in [1.165, 1.54) is 12.1 Å². The van der Waals surface area contributed by atoms with E-state index in [2.05, 4.69) is 20.7 Å². The van der Waals surface area contributed by atoms with Gasteiger partial charge in [-0.3, -0.25) is 4.79 Å². The van der Waals surface area contributed by atoms with Crippen molar-refractivity contribution in [3.8, 4) is 11.4 Å². The molecule has 6 nitrogen and oxygen atoms in total. The van der Waals surface area contributed by atoms with E-state index in [0.29, 0.717) is 0 Å². The molecule has 0 aliphatic rings. The van der Waals surface area contributed by atoms with Crippen molar-refractivity contribution in [1.82, 2.24) is 25.5 Å². The molecule has 0 fully saturated rings. The predicted molar refractivity (Wildman–Crippen MR) is 80.8 cm³/mol. The lowest BCUT2D eigenvalue weighted by atomic mass is 10.1. The molecule has 0 saturated carbocycles. The lowest BCUT2D eigenvalue weighted by Gasteiger charge is -2.11. The number of hydrogen-bond donors (Lipinski definition) is 1. The Hall–Kier alpha value is -2.45. The number of carbonyl (C=O) groups is 1. The largest absolute Gasteiger partial charge is 0.416 e. The number of hydrogen-bond acceptors (Lipinski definition) is 4. The number of nitrogens with one attached hydrogen (secondary N) is 1. The van der Waals surface area contributed by atoms with E-state index in [0.717, 1.165) is 29.8 Å². The van der Waals surface area contributed by atoms with Crippen LogP contribution in [0.3, 0.4) is 0 Å². The van der Waals surface area contributed by atoms with Crippen molar-refractivity contribution in [2.24, 2.45) is 0 Å². The highest BCUT2D eigenvalue weighted by Gasteiger charge is 2.30. The van der Waals surface area contributed by atoms with E-state index in [4.69, 9.17) is 0 Å².